The van der Waals surface area contributed by atoms with E-state index in [9.17, 15) is 4.79 Å². The number of para-hydroxylation sites is 1. The number of nitrogen functional groups attached to an aromatic ring is 1. The van der Waals surface area contributed by atoms with Crippen molar-refractivity contribution in [2.24, 2.45) is 0 Å². The number of ketones is 1. The number of fused-ring (bicyclic) bond motifs is 1. The molecular weight excluding hydrogens is 264 g/mol. The first-order valence-electron chi connectivity index (χ1n) is 6.87. The predicted molar refractivity (Wildman–Crippen MR) is 82.1 cm³/mol. The molecule has 0 fully saturated rings. The Kier molecular flexibility index (Phi) is 3.39. The van der Waals surface area contributed by atoms with Crippen LogP contribution in [0.15, 0.2) is 42.7 Å². The highest BCUT2D eigenvalue weighted by Crippen LogP contribution is 2.20. The fraction of sp³-hybridized carbons (Fsp3) is 0.188. The highest BCUT2D eigenvalue weighted by Gasteiger charge is 2.12. The lowest BCUT2D eigenvalue weighted by atomic mass is 10.1. The summed E-state index contributed by atoms with van der Waals surface area (Å²) < 4.78 is 1.80. The second kappa shape index (κ2) is 5.36. The van der Waals surface area contributed by atoms with E-state index in [1.165, 1.54) is 0 Å². The molecule has 0 spiro atoms. The lowest BCUT2D eigenvalue weighted by molar-refractivity contribution is 0.0988. The summed E-state index contributed by atoms with van der Waals surface area (Å²) in [5.74, 6) is -0.0527. The van der Waals surface area contributed by atoms with Crippen LogP contribution in [-0.4, -0.2) is 20.5 Å². The van der Waals surface area contributed by atoms with Crippen LogP contribution in [-0.2, 0) is 13.0 Å². The zero-order chi connectivity index (χ0) is 14.8. The van der Waals surface area contributed by atoms with Gasteiger partial charge in [0.2, 0.25) is 0 Å². The van der Waals surface area contributed by atoms with Gasteiger partial charge in [0, 0.05) is 30.2 Å². The fourth-order valence-corrected chi connectivity index (χ4v) is 2.29. The van der Waals surface area contributed by atoms with E-state index < -0.39 is 0 Å². The minimum absolute atomic E-state index is 0.0527. The number of anilines is 1. The van der Waals surface area contributed by atoms with Crippen LogP contribution in [0, 0.1) is 0 Å². The molecule has 2 heterocycles. The largest absolute Gasteiger partial charge is 0.398 e. The van der Waals surface area contributed by atoms with E-state index in [1.54, 1.807) is 16.9 Å². The SMILES string of the molecule is CCn1cc(CC(=O)c2cc(N)c3ccccc3n2)cn1. The van der Waals surface area contributed by atoms with E-state index in [2.05, 4.69) is 10.1 Å². The van der Waals surface area contributed by atoms with Gasteiger partial charge in [0.1, 0.15) is 5.69 Å². The smallest absolute Gasteiger partial charge is 0.185 e. The molecule has 0 bridgehead atoms. The first-order chi connectivity index (χ1) is 10.2. The molecule has 2 aromatic heterocycles. The van der Waals surface area contributed by atoms with Crippen molar-refractivity contribution < 1.29 is 4.79 Å². The number of rotatable bonds is 4. The van der Waals surface area contributed by atoms with E-state index in [0.717, 1.165) is 23.0 Å². The van der Waals surface area contributed by atoms with Crippen molar-refractivity contribution >= 4 is 22.4 Å². The van der Waals surface area contributed by atoms with Gasteiger partial charge in [-0.2, -0.15) is 5.10 Å². The quantitative estimate of drug-likeness (QED) is 0.745. The van der Waals surface area contributed by atoms with Gasteiger partial charge in [-0.15, -0.1) is 0 Å². The molecule has 0 saturated carbocycles. The van der Waals surface area contributed by atoms with Gasteiger partial charge in [-0.3, -0.25) is 9.48 Å². The van der Waals surface area contributed by atoms with Gasteiger partial charge in [0.05, 0.1) is 11.7 Å². The second-order valence-corrected chi connectivity index (χ2v) is 4.92. The maximum atomic E-state index is 12.4. The van der Waals surface area contributed by atoms with Gasteiger partial charge in [-0.25, -0.2) is 4.98 Å². The number of aryl methyl sites for hydroxylation is 1. The molecule has 0 amide bonds. The summed E-state index contributed by atoms with van der Waals surface area (Å²) >= 11 is 0. The third-order valence-corrected chi connectivity index (χ3v) is 3.41. The first kappa shape index (κ1) is 13.3. The van der Waals surface area contributed by atoms with Gasteiger partial charge in [0.25, 0.3) is 0 Å². The number of nitrogens with zero attached hydrogens (tertiary/aromatic N) is 3. The summed E-state index contributed by atoms with van der Waals surface area (Å²) in [4.78, 5) is 16.8. The molecular formula is C16H16N4O. The maximum absolute atomic E-state index is 12.4. The Morgan fingerprint density at radius 3 is 2.90 bits per heavy atom. The second-order valence-electron chi connectivity index (χ2n) is 4.92. The monoisotopic (exact) mass is 280 g/mol. The Labute approximate surface area is 122 Å². The highest BCUT2D eigenvalue weighted by atomic mass is 16.1. The van der Waals surface area contributed by atoms with Gasteiger partial charge < -0.3 is 5.73 Å². The molecule has 0 aliphatic rings. The number of aromatic nitrogens is 3. The Morgan fingerprint density at radius 2 is 2.14 bits per heavy atom. The maximum Gasteiger partial charge on any atom is 0.185 e. The Bertz CT molecular complexity index is 807. The van der Waals surface area contributed by atoms with Crippen molar-refractivity contribution in [3.8, 4) is 0 Å². The zero-order valence-electron chi connectivity index (χ0n) is 11.8. The predicted octanol–water partition coefficient (Wildman–Crippen LogP) is 2.46. The number of hydrogen-bond acceptors (Lipinski definition) is 4. The standard InChI is InChI=1S/C16H16N4O/c1-2-20-10-11(9-18-20)7-16(21)15-8-13(17)12-5-3-4-6-14(12)19-15/h3-6,8-10H,2,7H2,1H3,(H2,17,19). The molecule has 0 aliphatic heterocycles. The number of pyridine rings is 1. The van der Waals surface area contributed by atoms with Crippen molar-refractivity contribution in [3.63, 3.8) is 0 Å². The normalized spacial score (nSPS) is 10.9. The number of carbonyl (C=O) groups is 1. The Hall–Kier alpha value is -2.69. The number of Topliss-reactive ketones (excluding diaryl/α,β-unsaturated/α-hetero) is 1. The lowest BCUT2D eigenvalue weighted by Gasteiger charge is -2.05. The molecule has 0 atom stereocenters. The van der Waals surface area contributed by atoms with Crippen LogP contribution in [0.2, 0.25) is 0 Å². The summed E-state index contributed by atoms with van der Waals surface area (Å²) in [7, 11) is 0. The van der Waals surface area contributed by atoms with Crippen LogP contribution in [0.4, 0.5) is 5.69 Å². The van der Waals surface area contributed by atoms with E-state index in [4.69, 9.17) is 5.73 Å². The summed E-state index contributed by atoms with van der Waals surface area (Å²) in [6.07, 6.45) is 3.87. The molecule has 5 nitrogen and oxygen atoms in total. The molecule has 3 aromatic rings. The van der Waals surface area contributed by atoms with Crippen molar-refractivity contribution in [1.29, 1.82) is 0 Å². The van der Waals surface area contributed by atoms with E-state index in [1.807, 2.05) is 37.4 Å². The topological polar surface area (TPSA) is 73.8 Å². The summed E-state index contributed by atoms with van der Waals surface area (Å²) in [6, 6.07) is 9.19. The molecule has 0 aliphatic carbocycles. The van der Waals surface area contributed by atoms with Gasteiger partial charge in [-0.1, -0.05) is 18.2 Å². The van der Waals surface area contributed by atoms with Crippen molar-refractivity contribution in [2.75, 3.05) is 5.73 Å². The number of nitrogens with two attached hydrogens (primary N) is 1. The van der Waals surface area contributed by atoms with Crippen LogP contribution in [0.1, 0.15) is 23.0 Å². The molecule has 2 N–H and O–H groups in total. The summed E-state index contributed by atoms with van der Waals surface area (Å²) in [5.41, 5.74) is 8.61. The third kappa shape index (κ3) is 2.63. The van der Waals surface area contributed by atoms with E-state index in [-0.39, 0.29) is 12.2 Å². The minimum Gasteiger partial charge on any atom is -0.398 e. The summed E-state index contributed by atoms with van der Waals surface area (Å²) in [5, 5.41) is 5.04. The van der Waals surface area contributed by atoms with Crippen LogP contribution in [0.5, 0.6) is 0 Å². The van der Waals surface area contributed by atoms with Crippen LogP contribution < -0.4 is 5.73 Å². The van der Waals surface area contributed by atoms with Gasteiger partial charge in [-0.05, 0) is 24.6 Å². The average molecular weight is 280 g/mol. The molecule has 0 radical (unpaired) electrons. The summed E-state index contributed by atoms with van der Waals surface area (Å²) in [6.45, 7) is 2.79. The molecule has 0 unspecified atom stereocenters. The van der Waals surface area contributed by atoms with Crippen LogP contribution in [0.25, 0.3) is 10.9 Å². The fourth-order valence-electron chi connectivity index (χ4n) is 2.29. The van der Waals surface area contributed by atoms with Crippen molar-refractivity contribution in [3.05, 3.63) is 54.0 Å². The molecule has 5 heteroatoms. The van der Waals surface area contributed by atoms with Crippen LogP contribution in [0.3, 0.4) is 0 Å². The molecule has 1 aromatic carbocycles. The highest BCUT2D eigenvalue weighted by molar-refractivity contribution is 6.01. The average Bonchev–Trinajstić information content (AvgIpc) is 2.95. The lowest BCUT2D eigenvalue weighted by Crippen LogP contribution is -2.07. The number of carbonyl (C=O) groups excluding carboxylic acids is 1. The zero-order valence-corrected chi connectivity index (χ0v) is 11.8. The van der Waals surface area contributed by atoms with Crippen molar-refractivity contribution in [1.82, 2.24) is 14.8 Å². The Morgan fingerprint density at radius 1 is 1.33 bits per heavy atom. The van der Waals surface area contributed by atoms with Crippen LogP contribution >= 0.6 is 0 Å². The van der Waals surface area contributed by atoms with Gasteiger partial charge in [0.15, 0.2) is 5.78 Å². The Balaban J connectivity index is 1.90. The van der Waals surface area contributed by atoms with E-state index in [0.29, 0.717) is 11.4 Å². The molecule has 0 saturated heterocycles. The molecule has 106 valence electrons. The number of hydrogen-bond donors (Lipinski definition) is 1. The first-order valence-corrected chi connectivity index (χ1v) is 6.87. The van der Waals surface area contributed by atoms with E-state index >= 15 is 0 Å². The molecule has 3 rings (SSSR count). The third-order valence-electron chi connectivity index (χ3n) is 3.41. The van der Waals surface area contributed by atoms with Gasteiger partial charge >= 0.3 is 0 Å². The minimum atomic E-state index is -0.0527. The number of benzene rings is 1. The molecule has 21 heavy (non-hydrogen) atoms. The van der Waals surface area contributed by atoms with Crippen molar-refractivity contribution in [2.45, 2.75) is 19.9 Å².